The Hall–Kier alpha value is -1.53. The lowest BCUT2D eigenvalue weighted by Gasteiger charge is -2.33. The first kappa shape index (κ1) is 17.9. The fraction of sp³-hybridized carbons (Fsp3) is 0.400. The van der Waals surface area contributed by atoms with E-state index in [2.05, 4.69) is 33.0 Å². The lowest BCUT2D eigenvalue weighted by molar-refractivity contribution is -0.137. The van der Waals surface area contributed by atoms with Gasteiger partial charge in [-0.05, 0) is 36.1 Å². The first-order chi connectivity index (χ1) is 12.4. The van der Waals surface area contributed by atoms with Crippen molar-refractivity contribution >= 4 is 15.9 Å². The van der Waals surface area contributed by atoms with Crippen molar-refractivity contribution < 1.29 is 17.9 Å². The normalized spacial score (nSPS) is 28.5. The summed E-state index contributed by atoms with van der Waals surface area (Å²) in [6, 6.07) is 15.6. The van der Waals surface area contributed by atoms with E-state index in [9.17, 15) is 13.2 Å². The molecule has 1 aliphatic heterocycles. The van der Waals surface area contributed by atoms with Gasteiger partial charge >= 0.3 is 6.18 Å². The zero-order valence-corrected chi connectivity index (χ0v) is 15.6. The number of alkyl halides is 4. The number of halogens is 4. The number of fused-ring (bicyclic) bond motifs is 2. The topological polar surface area (TPSA) is 12.5 Å². The predicted molar refractivity (Wildman–Crippen MR) is 97.3 cm³/mol. The Balaban J connectivity index is 1.49. The lowest BCUT2D eigenvalue weighted by atomic mass is 10.1. The van der Waals surface area contributed by atoms with Gasteiger partial charge in [0, 0.05) is 17.9 Å². The Morgan fingerprint density at radius 1 is 1.08 bits per heavy atom. The average molecular weight is 426 g/mol. The summed E-state index contributed by atoms with van der Waals surface area (Å²) in [7, 11) is 0. The molecule has 1 aliphatic carbocycles. The first-order valence-electron chi connectivity index (χ1n) is 8.68. The van der Waals surface area contributed by atoms with Gasteiger partial charge in [-0.25, -0.2) is 0 Å². The van der Waals surface area contributed by atoms with Gasteiger partial charge in [-0.2, -0.15) is 13.2 Å². The quantitative estimate of drug-likeness (QED) is 0.630. The van der Waals surface area contributed by atoms with Crippen molar-refractivity contribution in [1.29, 1.82) is 0 Å². The van der Waals surface area contributed by atoms with Crippen LogP contribution >= 0.6 is 15.9 Å². The molecule has 2 bridgehead atoms. The molecule has 2 aromatic rings. The van der Waals surface area contributed by atoms with Gasteiger partial charge < -0.3 is 4.74 Å². The Labute approximate surface area is 159 Å². The number of likely N-dealkylation sites (tertiary alicyclic amines) is 1. The number of nitrogens with zero attached hydrogens (tertiary/aromatic N) is 1. The van der Waals surface area contributed by atoms with Gasteiger partial charge in [0.2, 0.25) is 0 Å². The van der Waals surface area contributed by atoms with E-state index >= 15 is 0 Å². The van der Waals surface area contributed by atoms with Crippen molar-refractivity contribution in [2.75, 3.05) is 6.54 Å². The summed E-state index contributed by atoms with van der Waals surface area (Å²) in [6.45, 7) is 1.81. The van der Waals surface area contributed by atoms with Gasteiger partial charge in [0.05, 0.1) is 11.6 Å². The monoisotopic (exact) mass is 425 g/mol. The molecular formula is C20H19BrF3NO. The van der Waals surface area contributed by atoms with Gasteiger partial charge in [-0.15, -0.1) is 0 Å². The second kappa shape index (κ2) is 6.89. The third-order valence-electron chi connectivity index (χ3n) is 5.26. The third kappa shape index (κ3) is 3.49. The molecule has 2 nitrogen and oxygen atoms in total. The van der Waals surface area contributed by atoms with Crippen molar-refractivity contribution in [3.63, 3.8) is 0 Å². The number of rotatable bonds is 4. The second-order valence-corrected chi connectivity index (χ2v) is 8.09. The van der Waals surface area contributed by atoms with E-state index < -0.39 is 11.7 Å². The maximum atomic E-state index is 12.9. The molecule has 2 aromatic carbocycles. The van der Waals surface area contributed by atoms with E-state index in [0.717, 1.165) is 31.6 Å². The highest BCUT2D eigenvalue weighted by Gasteiger charge is 2.52. The minimum Gasteiger partial charge on any atom is -0.489 e. The molecule has 0 unspecified atom stereocenters. The van der Waals surface area contributed by atoms with Crippen LogP contribution in [0.15, 0.2) is 54.6 Å². The third-order valence-corrected chi connectivity index (χ3v) is 6.55. The maximum Gasteiger partial charge on any atom is 0.416 e. The van der Waals surface area contributed by atoms with Crippen molar-refractivity contribution in [3.8, 4) is 5.75 Å². The highest BCUT2D eigenvalue weighted by atomic mass is 79.9. The van der Waals surface area contributed by atoms with Crippen LogP contribution in [0.5, 0.6) is 5.75 Å². The molecule has 26 heavy (non-hydrogen) atoms. The van der Waals surface area contributed by atoms with Crippen LogP contribution in [-0.2, 0) is 12.7 Å². The van der Waals surface area contributed by atoms with Crippen LogP contribution in [0.25, 0.3) is 0 Å². The Bertz CT molecular complexity index is 767. The number of hydrogen-bond donors (Lipinski definition) is 0. The summed E-state index contributed by atoms with van der Waals surface area (Å²) < 4.78 is 44.8. The van der Waals surface area contributed by atoms with E-state index in [-0.39, 0.29) is 17.9 Å². The standard InChI is InChI=1S/C20H19BrF3NO/c21-18-14-9-17(26-16-8-4-7-15(10-16)20(22,23)24)19(18)25(12-14)11-13-5-2-1-3-6-13/h1-8,10,14,17-19H,9,11-12H2/t14-,17-,18+,19-/m1/s1. The molecular weight excluding hydrogens is 407 g/mol. The van der Waals surface area contributed by atoms with E-state index in [1.54, 1.807) is 6.07 Å². The average Bonchev–Trinajstić information content (AvgIpc) is 3.06. The van der Waals surface area contributed by atoms with Crippen LogP contribution < -0.4 is 4.74 Å². The molecule has 0 radical (unpaired) electrons. The van der Waals surface area contributed by atoms with Gasteiger partial charge in [-0.1, -0.05) is 52.3 Å². The molecule has 0 aromatic heterocycles. The number of ether oxygens (including phenoxy) is 1. The lowest BCUT2D eigenvalue weighted by Crippen LogP contribution is -2.44. The Kier molecular flexibility index (Phi) is 4.73. The van der Waals surface area contributed by atoms with Crippen molar-refractivity contribution in [2.24, 2.45) is 5.92 Å². The summed E-state index contributed by atoms with van der Waals surface area (Å²) in [5.41, 5.74) is 0.562. The van der Waals surface area contributed by atoms with Crippen molar-refractivity contribution in [1.82, 2.24) is 4.90 Å². The van der Waals surface area contributed by atoms with E-state index in [0.29, 0.717) is 10.7 Å². The smallest absolute Gasteiger partial charge is 0.416 e. The fourth-order valence-corrected chi connectivity index (χ4v) is 5.17. The highest BCUT2D eigenvalue weighted by Crippen LogP contribution is 2.45. The Morgan fingerprint density at radius 3 is 2.54 bits per heavy atom. The molecule has 1 saturated heterocycles. The summed E-state index contributed by atoms with van der Waals surface area (Å²) in [5, 5.41) is 0. The molecule has 1 saturated carbocycles. The minimum atomic E-state index is -4.36. The zero-order valence-electron chi connectivity index (χ0n) is 14.0. The molecule has 2 aliphatic rings. The zero-order chi connectivity index (χ0) is 18.3. The summed E-state index contributed by atoms with van der Waals surface area (Å²) >= 11 is 3.78. The van der Waals surface area contributed by atoms with E-state index in [1.807, 2.05) is 18.2 Å². The van der Waals surface area contributed by atoms with Gasteiger partial charge in [0.15, 0.2) is 0 Å². The fourth-order valence-electron chi connectivity index (χ4n) is 4.11. The molecule has 4 atom stereocenters. The number of hydrogen-bond acceptors (Lipinski definition) is 2. The van der Waals surface area contributed by atoms with Crippen LogP contribution in [-0.4, -0.2) is 28.4 Å². The largest absolute Gasteiger partial charge is 0.489 e. The molecule has 0 amide bonds. The predicted octanol–water partition coefficient (Wildman–Crippen LogP) is 5.12. The van der Waals surface area contributed by atoms with E-state index in [4.69, 9.17) is 4.74 Å². The van der Waals surface area contributed by atoms with Gasteiger partial charge in [0.25, 0.3) is 0 Å². The first-order valence-corrected chi connectivity index (χ1v) is 9.59. The van der Waals surface area contributed by atoms with Crippen LogP contribution in [0, 0.1) is 5.92 Å². The van der Waals surface area contributed by atoms with E-state index in [1.165, 1.54) is 11.6 Å². The molecule has 0 N–H and O–H groups in total. The van der Waals surface area contributed by atoms with Crippen LogP contribution in [0.1, 0.15) is 17.5 Å². The second-order valence-electron chi connectivity index (χ2n) is 7.03. The maximum absolute atomic E-state index is 12.9. The molecule has 0 spiro atoms. The minimum absolute atomic E-state index is 0.106. The number of piperidine rings is 1. The molecule has 4 rings (SSSR count). The summed E-state index contributed by atoms with van der Waals surface area (Å²) in [4.78, 5) is 2.68. The summed E-state index contributed by atoms with van der Waals surface area (Å²) in [5.74, 6) is 0.747. The molecule has 2 fully saturated rings. The van der Waals surface area contributed by atoms with Crippen molar-refractivity contribution in [3.05, 3.63) is 65.7 Å². The van der Waals surface area contributed by atoms with Crippen LogP contribution in [0.4, 0.5) is 13.2 Å². The van der Waals surface area contributed by atoms with Gasteiger partial charge in [0.1, 0.15) is 11.9 Å². The number of benzene rings is 2. The summed E-state index contributed by atoms with van der Waals surface area (Å²) in [6.07, 6.45) is -3.60. The van der Waals surface area contributed by atoms with Gasteiger partial charge in [-0.3, -0.25) is 4.90 Å². The van der Waals surface area contributed by atoms with Crippen LogP contribution in [0.3, 0.4) is 0 Å². The SMILES string of the molecule is FC(F)(F)c1cccc(O[C@@H]2C[C@@H]3CN(Cc4ccccc4)[C@H]2[C@H]3Br)c1. The van der Waals surface area contributed by atoms with Crippen LogP contribution in [0.2, 0.25) is 0 Å². The van der Waals surface area contributed by atoms with Crippen molar-refractivity contribution in [2.45, 2.75) is 36.1 Å². The Morgan fingerprint density at radius 2 is 1.85 bits per heavy atom. The molecule has 6 heteroatoms. The molecule has 1 heterocycles. The highest BCUT2D eigenvalue weighted by molar-refractivity contribution is 9.09. The molecule has 138 valence electrons.